The fourth-order valence-corrected chi connectivity index (χ4v) is 4.22. The molecule has 0 saturated heterocycles. The molecule has 2 aromatic heterocycles. The number of carbonyl (C=O) groups excluding carboxylic acids is 2. The van der Waals surface area contributed by atoms with Crippen LogP contribution >= 0.6 is 27.5 Å². The number of alkyl halides is 1. The van der Waals surface area contributed by atoms with E-state index in [1.807, 2.05) is 0 Å². The van der Waals surface area contributed by atoms with Crippen molar-refractivity contribution in [3.8, 4) is 0 Å². The number of esters is 2. The van der Waals surface area contributed by atoms with Gasteiger partial charge in [-0.1, -0.05) is 27.5 Å². The molecule has 0 aromatic carbocycles. The van der Waals surface area contributed by atoms with Gasteiger partial charge in [-0.05, 0) is 13.8 Å². The van der Waals surface area contributed by atoms with Gasteiger partial charge in [-0.15, -0.1) is 0 Å². The van der Waals surface area contributed by atoms with Crippen molar-refractivity contribution in [1.82, 2.24) is 19.5 Å². The van der Waals surface area contributed by atoms with Gasteiger partial charge in [-0.25, -0.2) is 4.98 Å². The number of fused-ring (bicyclic) bond motifs is 1. The van der Waals surface area contributed by atoms with Gasteiger partial charge in [-0.2, -0.15) is 9.97 Å². The number of nitrogens with zero attached hydrogens (tertiary/aromatic N) is 4. The largest absolute Gasteiger partial charge is 0.465 e. The average Bonchev–Trinajstić information content (AvgIpc) is 2.95. The zero-order valence-corrected chi connectivity index (χ0v) is 15.7. The summed E-state index contributed by atoms with van der Waals surface area (Å²) in [6, 6.07) is -0.638. The minimum absolute atomic E-state index is 0.0381. The zero-order chi connectivity index (χ0) is 18.4. The third-order valence-corrected chi connectivity index (χ3v) is 5.48. The highest BCUT2D eigenvalue weighted by molar-refractivity contribution is 9.09. The van der Waals surface area contributed by atoms with Gasteiger partial charge in [0.25, 0.3) is 0 Å². The van der Waals surface area contributed by atoms with Gasteiger partial charge in [0.05, 0.1) is 30.4 Å². The summed E-state index contributed by atoms with van der Waals surface area (Å²) in [6.07, 6.45) is 1.43. The first-order chi connectivity index (χ1) is 11.9. The molecule has 0 spiro atoms. The Morgan fingerprint density at radius 3 is 2.48 bits per heavy atom. The number of ether oxygens (including phenoxy) is 2. The van der Waals surface area contributed by atoms with E-state index in [0.29, 0.717) is 11.2 Å². The fraction of sp³-hybridized carbons (Fsp3) is 0.500. The van der Waals surface area contributed by atoms with Crippen molar-refractivity contribution >= 4 is 56.6 Å². The minimum Gasteiger partial charge on any atom is -0.465 e. The summed E-state index contributed by atoms with van der Waals surface area (Å²) in [5.41, 5.74) is 4.77. The number of hydrogen-bond donors (Lipinski definition) is 1. The maximum absolute atomic E-state index is 12.6. The molecule has 0 amide bonds. The molecule has 11 heteroatoms. The van der Waals surface area contributed by atoms with E-state index >= 15 is 0 Å². The number of carbonyl (C=O) groups is 2. The van der Waals surface area contributed by atoms with E-state index in [9.17, 15) is 9.59 Å². The fourth-order valence-electron chi connectivity index (χ4n) is 2.84. The third kappa shape index (κ3) is 2.54. The molecule has 2 heterocycles. The summed E-state index contributed by atoms with van der Waals surface area (Å²) in [5, 5.41) is 0.0888. The smallest absolute Gasteiger partial charge is 0.326 e. The monoisotopic (exact) mass is 431 g/mol. The number of hydrogen-bond acceptors (Lipinski definition) is 8. The molecule has 1 aliphatic rings. The number of nitrogens with two attached hydrogens (primary N) is 1. The molecule has 2 atom stereocenters. The SMILES string of the molecule is CCOC(=O)C1(C(=O)OCC)[C@@H](n2cnc3c(Cl)nc(N)nc32)[C@@H]1Br. The van der Waals surface area contributed by atoms with Crippen LogP contribution in [0.25, 0.3) is 11.2 Å². The number of rotatable bonds is 5. The molecule has 0 radical (unpaired) electrons. The van der Waals surface area contributed by atoms with Crippen molar-refractivity contribution in [3.63, 3.8) is 0 Å². The molecule has 1 fully saturated rings. The van der Waals surface area contributed by atoms with E-state index in [0.717, 1.165) is 0 Å². The van der Waals surface area contributed by atoms with E-state index in [-0.39, 0.29) is 24.3 Å². The average molecular weight is 433 g/mol. The number of nitrogen functional groups attached to an aromatic ring is 1. The molecule has 1 aliphatic carbocycles. The first-order valence-corrected chi connectivity index (χ1v) is 8.82. The topological polar surface area (TPSA) is 122 Å². The molecule has 1 saturated carbocycles. The van der Waals surface area contributed by atoms with Gasteiger partial charge in [-0.3, -0.25) is 9.59 Å². The maximum atomic E-state index is 12.6. The number of anilines is 1. The molecule has 0 aliphatic heterocycles. The Morgan fingerprint density at radius 2 is 1.92 bits per heavy atom. The lowest BCUT2D eigenvalue weighted by molar-refractivity contribution is -0.164. The van der Waals surface area contributed by atoms with Crippen LogP contribution < -0.4 is 5.73 Å². The predicted octanol–water partition coefficient (Wildman–Crippen LogP) is 1.49. The van der Waals surface area contributed by atoms with Gasteiger partial charge in [0.15, 0.2) is 10.8 Å². The highest BCUT2D eigenvalue weighted by Gasteiger charge is 2.77. The lowest BCUT2D eigenvalue weighted by Crippen LogP contribution is -2.34. The third-order valence-electron chi connectivity index (χ3n) is 3.99. The normalized spacial score (nSPS) is 21.1. The van der Waals surface area contributed by atoms with E-state index in [4.69, 9.17) is 26.8 Å². The Hall–Kier alpha value is -1.94. The summed E-state index contributed by atoms with van der Waals surface area (Å²) >= 11 is 9.43. The van der Waals surface area contributed by atoms with E-state index in [2.05, 4.69) is 30.9 Å². The Bertz CT molecular complexity index is 839. The Balaban J connectivity index is 2.11. The zero-order valence-electron chi connectivity index (χ0n) is 13.4. The van der Waals surface area contributed by atoms with Gasteiger partial charge in [0.1, 0.15) is 5.52 Å². The molecule has 0 unspecified atom stereocenters. The van der Waals surface area contributed by atoms with Gasteiger partial charge in [0, 0.05) is 0 Å². The van der Waals surface area contributed by atoms with E-state index in [1.165, 1.54) is 6.33 Å². The number of imidazole rings is 1. The van der Waals surface area contributed by atoms with Crippen LogP contribution in [0.2, 0.25) is 5.15 Å². The van der Waals surface area contributed by atoms with E-state index in [1.54, 1.807) is 18.4 Å². The van der Waals surface area contributed by atoms with Crippen LogP contribution in [-0.4, -0.2) is 49.5 Å². The van der Waals surface area contributed by atoms with Gasteiger partial charge >= 0.3 is 11.9 Å². The lowest BCUT2D eigenvalue weighted by atomic mass is 10.1. The van der Waals surface area contributed by atoms with Gasteiger partial charge < -0.3 is 19.8 Å². The Morgan fingerprint density at radius 1 is 1.32 bits per heavy atom. The van der Waals surface area contributed by atoms with Crippen LogP contribution in [-0.2, 0) is 19.1 Å². The molecule has 2 aromatic rings. The Labute approximate surface area is 156 Å². The molecule has 0 bridgehead atoms. The molecule has 2 N–H and O–H groups in total. The number of aromatic nitrogens is 4. The molecule has 25 heavy (non-hydrogen) atoms. The molecular weight excluding hydrogens is 418 g/mol. The molecule has 9 nitrogen and oxygen atoms in total. The van der Waals surface area contributed by atoms with Crippen LogP contribution in [0.3, 0.4) is 0 Å². The van der Waals surface area contributed by atoms with Crippen molar-refractivity contribution in [2.45, 2.75) is 24.7 Å². The Kier molecular flexibility index (Phi) is 4.58. The van der Waals surface area contributed by atoms with Crippen LogP contribution in [0.15, 0.2) is 6.33 Å². The van der Waals surface area contributed by atoms with Crippen LogP contribution in [0.5, 0.6) is 0 Å². The highest BCUT2D eigenvalue weighted by atomic mass is 79.9. The quantitative estimate of drug-likeness (QED) is 0.326. The van der Waals surface area contributed by atoms with Crippen molar-refractivity contribution in [2.24, 2.45) is 5.41 Å². The predicted molar refractivity (Wildman–Crippen MR) is 92.2 cm³/mol. The first-order valence-electron chi connectivity index (χ1n) is 7.53. The van der Waals surface area contributed by atoms with Crippen molar-refractivity contribution in [3.05, 3.63) is 11.5 Å². The second-order valence-electron chi connectivity index (χ2n) is 5.35. The molecule has 134 valence electrons. The highest BCUT2D eigenvalue weighted by Crippen LogP contribution is 2.63. The summed E-state index contributed by atoms with van der Waals surface area (Å²) in [4.78, 5) is 36.7. The summed E-state index contributed by atoms with van der Waals surface area (Å²) < 4.78 is 11.8. The summed E-state index contributed by atoms with van der Waals surface area (Å²) in [6.45, 7) is 3.60. The molecular formula is C14H15BrClN5O4. The van der Waals surface area contributed by atoms with Crippen LogP contribution in [0, 0.1) is 5.41 Å². The number of halogens is 2. The van der Waals surface area contributed by atoms with Crippen LogP contribution in [0.1, 0.15) is 19.9 Å². The summed E-state index contributed by atoms with van der Waals surface area (Å²) in [5.74, 6) is -1.38. The van der Waals surface area contributed by atoms with E-state index < -0.39 is 28.2 Å². The van der Waals surface area contributed by atoms with Crippen molar-refractivity contribution in [1.29, 1.82) is 0 Å². The first kappa shape index (κ1) is 17.9. The lowest BCUT2D eigenvalue weighted by Gasteiger charge is -2.15. The maximum Gasteiger partial charge on any atom is 0.326 e. The van der Waals surface area contributed by atoms with Gasteiger partial charge in [0.2, 0.25) is 11.4 Å². The second-order valence-corrected chi connectivity index (χ2v) is 6.70. The van der Waals surface area contributed by atoms with Crippen LogP contribution in [0.4, 0.5) is 5.95 Å². The van der Waals surface area contributed by atoms with Crippen molar-refractivity contribution in [2.75, 3.05) is 18.9 Å². The molecule has 3 rings (SSSR count). The standard InChI is InChI=1S/C14H15BrClN5O4/c1-3-24-11(22)14(12(23)25-4-2)7(15)8(14)21-5-18-6-9(16)19-13(17)20-10(6)21/h5,7-8H,3-4H2,1-2H3,(H2,17,19,20)/t7-,8-/m0/s1. The second kappa shape index (κ2) is 6.41. The summed E-state index contributed by atoms with van der Waals surface area (Å²) in [7, 11) is 0. The van der Waals surface area contributed by atoms with Crippen molar-refractivity contribution < 1.29 is 19.1 Å². The minimum atomic E-state index is -1.52.